The summed E-state index contributed by atoms with van der Waals surface area (Å²) >= 11 is -4.92. The zero-order chi connectivity index (χ0) is 20.9. The molecular formula is C15H16AsN5O7. The monoisotopic (exact) mass is 453 g/mol. The fraction of sp³-hybridized carbons (Fsp3) is 0.133. The van der Waals surface area contributed by atoms with Gasteiger partial charge < -0.3 is 4.98 Å². The van der Waals surface area contributed by atoms with Gasteiger partial charge in [0.1, 0.15) is 6.33 Å². The summed E-state index contributed by atoms with van der Waals surface area (Å²) in [6.45, 7) is 2.65. The van der Waals surface area contributed by atoms with Gasteiger partial charge in [0.05, 0.1) is 6.33 Å². The van der Waals surface area contributed by atoms with Gasteiger partial charge in [-0.15, -0.1) is 0 Å². The molecule has 4 N–H and O–H groups in total. The molecule has 3 aromatic rings. The van der Waals surface area contributed by atoms with E-state index in [1.54, 1.807) is 6.07 Å². The molecule has 2 aromatic heterocycles. The van der Waals surface area contributed by atoms with E-state index in [-0.39, 0.29) is 38.6 Å². The van der Waals surface area contributed by atoms with Crippen LogP contribution >= 0.6 is 0 Å². The first kappa shape index (κ1) is 21.3. The van der Waals surface area contributed by atoms with E-state index in [1.807, 2.05) is 0 Å². The topological polar surface area (TPSA) is 176 Å². The summed E-state index contributed by atoms with van der Waals surface area (Å²) in [5, 5.41) is 10.7. The van der Waals surface area contributed by atoms with Gasteiger partial charge in [-0.1, -0.05) is 0 Å². The Morgan fingerprint density at radius 3 is 2.54 bits per heavy atom. The van der Waals surface area contributed by atoms with Crippen LogP contribution in [0.4, 0.5) is 5.69 Å². The van der Waals surface area contributed by atoms with Crippen molar-refractivity contribution in [3.05, 3.63) is 47.3 Å². The van der Waals surface area contributed by atoms with Crippen LogP contribution in [0.5, 0.6) is 0 Å². The van der Waals surface area contributed by atoms with E-state index in [2.05, 4.69) is 24.1 Å². The molecule has 1 atom stereocenters. The van der Waals surface area contributed by atoms with E-state index < -0.39 is 14.2 Å². The Bertz CT molecular complexity index is 1120. The minimum atomic E-state index is -4.92. The van der Waals surface area contributed by atoms with Crippen molar-refractivity contribution in [2.24, 2.45) is 0 Å². The first-order valence-electron chi connectivity index (χ1n) is 7.62. The number of hydrogen-bond acceptors (Lipinski definition) is 8. The second-order valence-electron chi connectivity index (χ2n) is 5.34. The zero-order valence-electron chi connectivity index (χ0n) is 14.7. The molecule has 1 amide bonds. The number of H-pyrrole nitrogens is 1. The van der Waals surface area contributed by atoms with Gasteiger partial charge in [-0.3, -0.25) is 14.2 Å². The van der Waals surface area contributed by atoms with E-state index in [4.69, 9.17) is 5.26 Å². The number of rotatable bonds is 3. The third kappa shape index (κ3) is 4.81. The molecule has 0 spiro atoms. The molecule has 148 valence electrons. The normalized spacial score (nSPS) is 12.6. The number of fused-ring (bicyclic) bond motifs is 1. The van der Waals surface area contributed by atoms with Crippen LogP contribution in [0.15, 0.2) is 41.7 Å². The number of anilines is 1. The van der Waals surface area contributed by atoms with Crippen LogP contribution < -0.4 is 15.2 Å². The maximum absolute atomic E-state index is 11.4. The quantitative estimate of drug-likeness (QED) is 0.231. The number of aromatic amines is 1. The first-order chi connectivity index (χ1) is 13.2. The van der Waals surface area contributed by atoms with Crippen LogP contribution in [-0.4, -0.2) is 54.9 Å². The van der Waals surface area contributed by atoms with Crippen LogP contribution in [-0.2, 0) is 12.4 Å². The average molecular weight is 453 g/mol. The molecule has 0 radical (unpaired) electrons. The summed E-state index contributed by atoms with van der Waals surface area (Å²) < 4.78 is 25.4. The summed E-state index contributed by atoms with van der Waals surface area (Å²) in [5.41, 5.74) is 0.281. The number of imidazole rings is 1. The third-order valence-electron chi connectivity index (χ3n) is 3.31. The SMILES string of the molecule is CC(=O)Nc1ccccc1[As](=O)(O)OO.CC(=O)n1cnc2c(=O)[nH]cnc21. The third-order valence-corrected chi connectivity index (χ3v) is 5.87. The van der Waals surface area contributed by atoms with Gasteiger partial charge >= 0.3 is 88.4 Å². The van der Waals surface area contributed by atoms with Gasteiger partial charge in [-0.2, -0.15) is 0 Å². The van der Waals surface area contributed by atoms with Crippen molar-refractivity contribution in [1.29, 1.82) is 0 Å². The number of nitrogens with zero attached hydrogens (tertiary/aromatic N) is 3. The molecule has 1 unspecified atom stereocenters. The second kappa shape index (κ2) is 8.76. The van der Waals surface area contributed by atoms with Crippen LogP contribution in [0, 0.1) is 0 Å². The molecular weight excluding hydrogens is 437 g/mol. The largest absolute Gasteiger partial charge is 0.311 e. The molecule has 0 aliphatic heterocycles. The Hall–Kier alpha value is -3.05. The maximum atomic E-state index is 11.4. The van der Waals surface area contributed by atoms with Gasteiger partial charge in [-0.05, 0) is 0 Å². The molecule has 2 heterocycles. The van der Waals surface area contributed by atoms with E-state index in [1.165, 1.54) is 49.3 Å². The summed E-state index contributed by atoms with van der Waals surface area (Å²) in [6, 6.07) is 5.84. The van der Waals surface area contributed by atoms with Crippen LogP contribution in [0.2, 0.25) is 0 Å². The average Bonchev–Trinajstić information content (AvgIpc) is 3.08. The zero-order valence-corrected chi connectivity index (χ0v) is 16.6. The van der Waals surface area contributed by atoms with Crippen molar-refractivity contribution < 1.29 is 26.6 Å². The number of aromatic nitrogens is 4. The van der Waals surface area contributed by atoms with Crippen molar-refractivity contribution >= 4 is 47.2 Å². The molecule has 0 saturated heterocycles. The minimum absolute atomic E-state index is 0.103. The summed E-state index contributed by atoms with van der Waals surface area (Å²) in [6.07, 6.45) is 2.53. The van der Waals surface area contributed by atoms with Crippen molar-refractivity contribution in [3.63, 3.8) is 0 Å². The van der Waals surface area contributed by atoms with Crippen LogP contribution in [0.1, 0.15) is 18.6 Å². The predicted molar refractivity (Wildman–Crippen MR) is 97.2 cm³/mol. The second-order valence-corrected chi connectivity index (χ2v) is 8.88. The molecule has 13 heteroatoms. The predicted octanol–water partition coefficient (Wildman–Crippen LogP) is -0.517. The first-order valence-corrected chi connectivity index (χ1v) is 10.9. The van der Waals surface area contributed by atoms with E-state index >= 15 is 0 Å². The maximum Gasteiger partial charge on any atom is 0.278 e. The molecule has 28 heavy (non-hydrogen) atoms. The van der Waals surface area contributed by atoms with E-state index in [0.717, 1.165) is 0 Å². The Morgan fingerprint density at radius 1 is 1.25 bits per heavy atom. The molecule has 0 saturated carbocycles. The van der Waals surface area contributed by atoms with Crippen molar-refractivity contribution in [1.82, 2.24) is 19.5 Å². The summed E-state index contributed by atoms with van der Waals surface area (Å²) in [7, 11) is 0. The smallest absolute Gasteiger partial charge is 0.278 e. The molecule has 3 rings (SSSR count). The number of carbonyl (C=O) groups is 2. The Balaban J connectivity index is 0.000000202. The summed E-state index contributed by atoms with van der Waals surface area (Å²) in [5.74, 6) is -0.600. The van der Waals surface area contributed by atoms with E-state index in [0.29, 0.717) is 0 Å². The van der Waals surface area contributed by atoms with Crippen molar-refractivity contribution in [3.8, 4) is 0 Å². The van der Waals surface area contributed by atoms with E-state index in [9.17, 15) is 22.2 Å². The summed E-state index contributed by atoms with van der Waals surface area (Å²) in [4.78, 5) is 42.9. The number of carbonyl (C=O) groups excluding carboxylic acids is 2. The molecule has 0 aliphatic rings. The Kier molecular flexibility index (Phi) is 6.65. The van der Waals surface area contributed by atoms with Crippen LogP contribution in [0.3, 0.4) is 0 Å². The van der Waals surface area contributed by atoms with Gasteiger partial charge in [0.2, 0.25) is 5.91 Å². The van der Waals surface area contributed by atoms with Crippen molar-refractivity contribution in [2.75, 3.05) is 5.32 Å². The fourth-order valence-corrected chi connectivity index (χ4v) is 3.81. The molecule has 1 aromatic carbocycles. The molecule has 0 fully saturated rings. The van der Waals surface area contributed by atoms with Crippen molar-refractivity contribution in [2.45, 2.75) is 13.8 Å². The molecule has 0 aliphatic carbocycles. The van der Waals surface area contributed by atoms with Gasteiger partial charge in [-0.25, -0.2) is 9.97 Å². The van der Waals surface area contributed by atoms with Crippen LogP contribution in [0.25, 0.3) is 11.2 Å². The molecule has 0 bridgehead atoms. The Morgan fingerprint density at radius 2 is 1.93 bits per heavy atom. The Labute approximate surface area is 160 Å². The number of amides is 1. The van der Waals surface area contributed by atoms with Gasteiger partial charge in [0.25, 0.3) is 5.56 Å². The number of para-hydroxylation sites is 1. The standard InChI is InChI=1S/C8H10AsNO5.C7H6N4O2/c1-6(11)10-8-5-3-2-4-7(8)9(12,13)15-14;1-4(12)11-3-10-5-6(11)8-2-9-7(5)13/h2-5,14H,1H3,(H,10,11)(H,12,13);2-3H,1H3,(H,8,9,13). The minimum Gasteiger partial charge on any atom is -0.311 e. The molecule has 12 nitrogen and oxygen atoms in total. The van der Waals surface area contributed by atoms with Gasteiger partial charge in [0, 0.05) is 6.92 Å². The van der Waals surface area contributed by atoms with Gasteiger partial charge in [0.15, 0.2) is 11.2 Å². The fourth-order valence-electron chi connectivity index (χ4n) is 2.14. The number of nitrogens with one attached hydrogen (secondary N) is 2. The number of hydrogen-bond donors (Lipinski definition) is 4. The number of benzene rings is 1.